The normalized spacial score (nSPS) is 9.54. The predicted octanol–water partition coefficient (Wildman–Crippen LogP) is 3.25. The van der Waals surface area contributed by atoms with Crippen molar-refractivity contribution in [1.29, 1.82) is 0 Å². The smallest absolute Gasteiger partial charge is 0.203 e. The van der Waals surface area contributed by atoms with E-state index in [1.54, 1.807) is 0 Å². The van der Waals surface area contributed by atoms with Crippen LogP contribution in [-0.4, -0.2) is 9.55 Å². The van der Waals surface area contributed by atoms with Crippen LogP contribution in [0.5, 0.6) is 0 Å². The number of rotatable bonds is 0. The van der Waals surface area contributed by atoms with Gasteiger partial charge in [0, 0.05) is 7.05 Å². The first kappa shape index (κ1) is 10.1. The standard InChI is InChI=1S/C8H7ClN2.C2H6/c1-11-7-5-3-2-4-6(7)10-8(11)9;1-2/h2-5H,1H3;1-2H3. The zero-order chi connectivity index (χ0) is 9.84. The van der Waals surface area contributed by atoms with E-state index in [-0.39, 0.29) is 0 Å². The van der Waals surface area contributed by atoms with Gasteiger partial charge in [-0.2, -0.15) is 0 Å². The molecule has 2 aromatic rings. The molecule has 0 unspecified atom stereocenters. The van der Waals surface area contributed by atoms with Crippen molar-refractivity contribution in [2.75, 3.05) is 0 Å². The van der Waals surface area contributed by atoms with Crippen LogP contribution in [0.25, 0.3) is 11.0 Å². The van der Waals surface area contributed by atoms with Gasteiger partial charge in [0.2, 0.25) is 5.28 Å². The summed E-state index contributed by atoms with van der Waals surface area (Å²) in [5.74, 6) is 0. The van der Waals surface area contributed by atoms with Crippen molar-refractivity contribution in [1.82, 2.24) is 9.55 Å². The van der Waals surface area contributed by atoms with Crippen LogP contribution in [0, 0.1) is 0 Å². The van der Waals surface area contributed by atoms with Crippen molar-refractivity contribution in [2.24, 2.45) is 7.05 Å². The number of nitrogens with zero attached hydrogens (tertiary/aromatic N) is 2. The van der Waals surface area contributed by atoms with Crippen LogP contribution >= 0.6 is 11.6 Å². The van der Waals surface area contributed by atoms with Crippen molar-refractivity contribution in [3.05, 3.63) is 29.5 Å². The molecule has 0 aliphatic rings. The maximum Gasteiger partial charge on any atom is 0.203 e. The second kappa shape index (κ2) is 4.28. The highest BCUT2D eigenvalue weighted by molar-refractivity contribution is 6.29. The van der Waals surface area contributed by atoms with Gasteiger partial charge in [-0.15, -0.1) is 0 Å². The predicted molar refractivity (Wildman–Crippen MR) is 57.1 cm³/mol. The van der Waals surface area contributed by atoms with Gasteiger partial charge in [-0.25, -0.2) is 4.98 Å². The third-order valence-electron chi connectivity index (χ3n) is 1.73. The third kappa shape index (κ3) is 1.83. The molecule has 1 aromatic carbocycles. The van der Waals surface area contributed by atoms with E-state index in [1.807, 2.05) is 49.7 Å². The Balaban J connectivity index is 0.000000396. The Morgan fingerprint density at radius 3 is 2.46 bits per heavy atom. The van der Waals surface area contributed by atoms with E-state index in [1.165, 1.54) is 0 Å². The van der Waals surface area contributed by atoms with Crippen LogP contribution in [-0.2, 0) is 7.05 Å². The van der Waals surface area contributed by atoms with Crippen molar-refractivity contribution in [3.63, 3.8) is 0 Å². The highest BCUT2D eigenvalue weighted by Crippen LogP contribution is 2.16. The minimum Gasteiger partial charge on any atom is -0.318 e. The molecule has 0 saturated heterocycles. The van der Waals surface area contributed by atoms with Gasteiger partial charge in [0.1, 0.15) is 0 Å². The molecule has 0 saturated carbocycles. The van der Waals surface area contributed by atoms with Crippen molar-refractivity contribution >= 4 is 22.6 Å². The van der Waals surface area contributed by atoms with Gasteiger partial charge >= 0.3 is 0 Å². The monoisotopic (exact) mass is 196 g/mol. The third-order valence-corrected chi connectivity index (χ3v) is 2.07. The number of aryl methyl sites for hydroxylation is 1. The lowest BCUT2D eigenvalue weighted by atomic mass is 10.3. The number of halogens is 1. The summed E-state index contributed by atoms with van der Waals surface area (Å²) < 4.78 is 1.86. The number of fused-ring (bicyclic) bond motifs is 1. The second-order valence-electron chi connectivity index (χ2n) is 2.43. The molecular weight excluding hydrogens is 184 g/mol. The highest BCUT2D eigenvalue weighted by Gasteiger charge is 2.02. The van der Waals surface area contributed by atoms with Crippen LogP contribution < -0.4 is 0 Å². The van der Waals surface area contributed by atoms with Gasteiger partial charge in [0.05, 0.1) is 11.0 Å². The summed E-state index contributed by atoms with van der Waals surface area (Å²) in [6, 6.07) is 7.86. The lowest BCUT2D eigenvalue weighted by Gasteiger charge is -1.92. The van der Waals surface area contributed by atoms with Gasteiger partial charge in [0.15, 0.2) is 0 Å². The van der Waals surface area contributed by atoms with Crippen LogP contribution in [0.4, 0.5) is 0 Å². The maximum atomic E-state index is 5.80. The number of para-hydroxylation sites is 2. The molecule has 0 bridgehead atoms. The van der Waals surface area contributed by atoms with Gasteiger partial charge in [-0.05, 0) is 23.7 Å². The molecule has 0 aliphatic carbocycles. The SMILES string of the molecule is CC.Cn1c(Cl)nc2ccccc21. The molecule has 1 heterocycles. The van der Waals surface area contributed by atoms with Crippen molar-refractivity contribution < 1.29 is 0 Å². The Kier molecular flexibility index (Phi) is 3.32. The first-order chi connectivity index (χ1) is 6.29. The zero-order valence-electron chi connectivity index (χ0n) is 8.08. The summed E-state index contributed by atoms with van der Waals surface area (Å²) in [6.07, 6.45) is 0. The summed E-state index contributed by atoms with van der Waals surface area (Å²) in [5, 5.41) is 0.534. The van der Waals surface area contributed by atoms with E-state index in [0.717, 1.165) is 11.0 Å². The quantitative estimate of drug-likeness (QED) is 0.633. The fraction of sp³-hybridized carbons (Fsp3) is 0.300. The van der Waals surface area contributed by atoms with Crippen LogP contribution in [0.1, 0.15) is 13.8 Å². The number of hydrogen-bond donors (Lipinski definition) is 0. The minimum absolute atomic E-state index is 0.534. The minimum atomic E-state index is 0.534. The molecule has 0 N–H and O–H groups in total. The molecule has 0 aliphatic heterocycles. The van der Waals surface area contributed by atoms with Crippen molar-refractivity contribution in [2.45, 2.75) is 13.8 Å². The van der Waals surface area contributed by atoms with E-state index in [4.69, 9.17) is 11.6 Å². The molecule has 0 atom stereocenters. The first-order valence-electron chi connectivity index (χ1n) is 4.36. The fourth-order valence-electron chi connectivity index (χ4n) is 1.12. The number of hydrogen-bond acceptors (Lipinski definition) is 1. The summed E-state index contributed by atoms with van der Waals surface area (Å²) >= 11 is 5.80. The molecule has 1 aromatic heterocycles. The topological polar surface area (TPSA) is 17.8 Å². The molecule has 0 fully saturated rings. The number of aromatic nitrogens is 2. The van der Waals surface area contributed by atoms with E-state index in [2.05, 4.69) is 4.98 Å². The lowest BCUT2D eigenvalue weighted by molar-refractivity contribution is 0.949. The molecule has 3 heteroatoms. The Hall–Kier alpha value is -1.02. The van der Waals surface area contributed by atoms with E-state index in [9.17, 15) is 0 Å². The lowest BCUT2D eigenvalue weighted by Crippen LogP contribution is -1.85. The largest absolute Gasteiger partial charge is 0.318 e. The van der Waals surface area contributed by atoms with Gasteiger partial charge in [-0.1, -0.05) is 26.0 Å². The molecule has 13 heavy (non-hydrogen) atoms. The van der Waals surface area contributed by atoms with Crippen LogP contribution in [0.3, 0.4) is 0 Å². The Morgan fingerprint density at radius 1 is 1.23 bits per heavy atom. The Labute approximate surface area is 83.2 Å². The van der Waals surface area contributed by atoms with Gasteiger partial charge in [-0.3, -0.25) is 0 Å². The summed E-state index contributed by atoms with van der Waals surface area (Å²) in [4.78, 5) is 4.14. The highest BCUT2D eigenvalue weighted by atomic mass is 35.5. The summed E-state index contributed by atoms with van der Waals surface area (Å²) in [6.45, 7) is 4.00. The Bertz CT molecular complexity index is 393. The molecule has 2 nitrogen and oxygen atoms in total. The molecule has 0 spiro atoms. The fourth-order valence-corrected chi connectivity index (χ4v) is 1.30. The molecule has 0 radical (unpaired) electrons. The van der Waals surface area contributed by atoms with E-state index >= 15 is 0 Å². The number of imidazole rings is 1. The number of benzene rings is 1. The van der Waals surface area contributed by atoms with Crippen molar-refractivity contribution in [3.8, 4) is 0 Å². The zero-order valence-corrected chi connectivity index (χ0v) is 8.84. The van der Waals surface area contributed by atoms with Crippen LogP contribution in [0.15, 0.2) is 24.3 Å². The average Bonchev–Trinajstić information content (AvgIpc) is 2.47. The Morgan fingerprint density at radius 2 is 1.85 bits per heavy atom. The van der Waals surface area contributed by atoms with Gasteiger partial charge < -0.3 is 4.57 Å². The molecule has 70 valence electrons. The van der Waals surface area contributed by atoms with Gasteiger partial charge in [0.25, 0.3) is 0 Å². The van der Waals surface area contributed by atoms with E-state index < -0.39 is 0 Å². The summed E-state index contributed by atoms with van der Waals surface area (Å²) in [7, 11) is 1.90. The average molecular weight is 197 g/mol. The molecule has 0 amide bonds. The summed E-state index contributed by atoms with van der Waals surface area (Å²) in [5.41, 5.74) is 2.01. The second-order valence-corrected chi connectivity index (χ2v) is 2.77. The maximum absolute atomic E-state index is 5.80. The molecule has 2 rings (SSSR count). The van der Waals surface area contributed by atoms with E-state index in [0.29, 0.717) is 5.28 Å². The first-order valence-corrected chi connectivity index (χ1v) is 4.74. The van der Waals surface area contributed by atoms with Crippen LogP contribution in [0.2, 0.25) is 5.28 Å². The molecular formula is C10H13ClN2.